The maximum atomic E-state index is 5.34. The molecule has 2 aromatic rings. The summed E-state index contributed by atoms with van der Waals surface area (Å²) in [5.74, 6) is 0. The van der Waals surface area contributed by atoms with Crippen molar-refractivity contribution in [1.29, 1.82) is 0 Å². The average Bonchev–Trinajstić information content (AvgIpc) is 2.77. The van der Waals surface area contributed by atoms with Gasteiger partial charge >= 0.3 is 0 Å². The minimum Gasteiger partial charge on any atom is -0.350 e. The first-order valence-electron chi connectivity index (χ1n) is 5.52. The number of aromatic nitrogens is 2. The predicted octanol–water partition coefficient (Wildman–Crippen LogP) is 2.73. The van der Waals surface area contributed by atoms with E-state index in [-0.39, 0.29) is 0 Å². The van der Waals surface area contributed by atoms with Gasteiger partial charge in [0.1, 0.15) is 11.0 Å². The fraction of sp³-hybridized carbons (Fsp3) is 0.364. The van der Waals surface area contributed by atoms with Gasteiger partial charge in [-0.1, -0.05) is 0 Å². The zero-order chi connectivity index (χ0) is 12.3. The zero-order valence-electron chi connectivity index (χ0n) is 9.80. The van der Waals surface area contributed by atoms with Crippen molar-refractivity contribution in [1.82, 2.24) is 13.6 Å². The summed E-state index contributed by atoms with van der Waals surface area (Å²) in [6.45, 7) is 5.99. The zero-order valence-corrected chi connectivity index (χ0v) is 11.4. The first-order valence-corrected chi connectivity index (χ1v) is 6.66. The van der Waals surface area contributed by atoms with Gasteiger partial charge in [0.25, 0.3) is 0 Å². The molecular weight excluding hydrogens is 252 g/mol. The molecule has 1 N–H and O–H groups in total. The number of nitrogens with one attached hydrogen (secondary N) is 1. The minimum absolute atomic E-state index is 0.748. The largest absolute Gasteiger partial charge is 0.350 e. The Morgan fingerprint density at radius 1 is 1.29 bits per heavy atom. The average molecular weight is 266 g/mol. The van der Waals surface area contributed by atoms with Crippen molar-refractivity contribution in [2.24, 2.45) is 0 Å². The lowest BCUT2D eigenvalue weighted by molar-refractivity contribution is 0.473. The Hall–Kier alpha value is -1.27. The molecule has 90 valence electrons. The molecule has 2 rings (SSSR count). The summed E-state index contributed by atoms with van der Waals surface area (Å²) in [5, 5.41) is 3.97. The number of benzene rings is 1. The Morgan fingerprint density at radius 2 is 2.00 bits per heavy atom. The van der Waals surface area contributed by atoms with Gasteiger partial charge in [0.15, 0.2) is 5.11 Å². The third-order valence-electron chi connectivity index (χ3n) is 2.56. The number of hydrogen-bond acceptors (Lipinski definition) is 4. The number of anilines is 1. The van der Waals surface area contributed by atoms with Crippen LogP contribution in [0, 0.1) is 0 Å². The lowest BCUT2D eigenvalue weighted by Gasteiger charge is -2.22. The van der Waals surface area contributed by atoms with E-state index in [1.807, 2.05) is 18.2 Å². The molecular formula is C11H14N4S2. The standard InChI is InChI=1S/C11H14N4S2/c1-3-15(4-2)11(16)12-8-5-6-9-10(7-8)14-17-13-9/h5-7H,3-4H2,1-2H3,(H,12,16). The summed E-state index contributed by atoms with van der Waals surface area (Å²) >= 11 is 6.56. The topological polar surface area (TPSA) is 41.0 Å². The van der Waals surface area contributed by atoms with Crippen molar-refractivity contribution in [3.63, 3.8) is 0 Å². The number of thiocarbonyl (C=S) groups is 1. The summed E-state index contributed by atoms with van der Waals surface area (Å²) in [6.07, 6.45) is 0. The van der Waals surface area contributed by atoms with E-state index in [1.165, 1.54) is 11.7 Å². The second kappa shape index (κ2) is 5.37. The van der Waals surface area contributed by atoms with E-state index in [4.69, 9.17) is 12.2 Å². The lowest BCUT2D eigenvalue weighted by atomic mass is 10.3. The quantitative estimate of drug-likeness (QED) is 0.865. The summed E-state index contributed by atoms with van der Waals surface area (Å²) in [6, 6.07) is 5.89. The van der Waals surface area contributed by atoms with Crippen molar-refractivity contribution >= 4 is 45.8 Å². The lowest BCUT2D eigenvalue weighted by Crippen LogP contribution is -2.34. The molecule has 0 unspecified atom stereocenters. The van der Waals surface area contributed by atoms with Gasteiger partial charge in [-0.05, 0) is 44.3 Å². The van der Waals surface area contributed by atoms with E-state index in [0.29, 0.717) is 0 Å². The van der Waals surface area contributed by atoms with Crippen molar-refractivity contribution in [2.75, 3.05) is 18.4 Å². The number of fused-ring (bicyclic) bond motifs is 1. The molecule has 17 heavy (non-hydrogen) atoms. The van der Waals surface area contributed by atoms with Crippen LogP contribution in [-0.4, -0.2) is 31.8 Å². The Kier molecular flexibility index (Phi) is 3.86. The van der Waals surface area contributed by atoms with Crippen LogP contribution in [0.2, 0.25) is 0 Å². The van der Waals surface area contributed by atoms with Crippen molar-refractivity contribution < 1.29 is 0 Å². The van der Waals surface area contributed by atoms with Gasteiger partial charge in [0, 0.05) is 18.8 Å². The SMILES string of the molecule is CCN(CC)C(=S)Nc1ccc2nsnc2c1. The van der Waals surface area contributed by atoms with Crippen LogP contribution >= 0.6 is 23.9 Å². The molecule has 0 atom stereocenters. The van der Waals surface area contributed by atoms with Crippen LogP contribution in [0.15, 0.2) is 18.2 Å². The first kappa shape index (κ1) is 12.2. The van der Waals surface area contributed by atoms with E-state index >= 15 is 0 Å². The van der Waals surface area contributed by atoms with Crippen LogP contribution in [0.5, 0.6) is 0 Å². The van der Waals surface area contributed by atoms with Crippen LogP contribution in [-0.2, 0) is 0 Å². The molecule has 1 aromatic heterocycles. The Bertz CT molecular complexity index is 519. The smallest absolute Gasteiger partial charge is 0.173 e. The second-order valence-electron chi connectivity index (χ2n) is 3.57. The normalized spacial score (nSPS) is 10.5. The highest BCUT2D eigenvalue weighted by Gasteiger charge is 2.06. The van der Waals surface area contributed by atoms with E-state index in [2.05, 4.69) is 32.8 Å². The summed E-state index contributed by atoms with van der Waals surface area (Å²) in [7, 11) is 0. The molecule has 0 bridgehead atoms. The molecule has 0 amide bonds. The molecule has 0 fully saturated rings. The Balaban J connectivity index is 2.14. The number of rotatable bonds is 3. The fourth-order valence-corrected chi connectivity index (χ4v) is 2.47. The maximum absolute atomic E-state index is 5.34. The molecule has 0 aliphatic heterocycles. The molecule has 0 aliphatic rings. The van der Waals surface area contributed by atoms with Gasteiger partial charge in [0.2, 0.25) is 0 Å². The Labute approximate surface area is 110 Å². The molecule has 0 radical (unpaired) electrons. The molecule has 0 saturated carbocycles. The molecule has 4 nitrogen and oxygen atoms in total. The van der Waals surface area contributed by atoms with E-state index in [0.717, 1.165) is 34.9 Å². The summed E-state index contributed by atoms with van der Waals surface area (Å²) in [5.41, 5.74) is 2.79. The van der Waals surface area contributed by atoms with Gasteiger partial charge < -0.3 is 10.2 Å². The van der Waals surface area contributed by atoms with Crippen LogP contribution in [0.1, 0.15) is 13.8 Å². The van der Waals surface area contributed by atoms with Gasteiger partial charge in [-0.15, -0.1) is 0 Å². The van der Waals surface area contributed by atoms with Crippen LogP contribution in [0.3, 0.4) is 0 Å². The molecule has 1 heterocycles. The maximum Gasteiger partial charge on any atom is 0.173 e. The van der Waals surface area contributed by atoms with Gasteiger partial charge in [0.05, 0.1) is 11.7 Å². The third kappa shape index (κ3) is 2.70. The van der Waals surface area contributed by atoms with Crippen LogP contribution < -0.4 is 5.32 Å². The molecule has 0 spiro atoms. The highest BCUT2D eigenvalue weighted by Crippen LogP contribution is 2.17. The number of nitrogens with zero attached hydrogens (tertiary/aromatic N) is 3. The summed E-state index contributed by atoms with van der Waals surface area (Å²) in [4.78, 5) is 2.10. The molecule has 0 aliphatic carbocycles. The first-order chi connectivity index (χ1) is 8.24. The number of hydrogen-bond donors (Lipinski definition) is 1. The van der Waals surface area contributed by atoms with E-state index in [9.17, 15) is 0 Å². The van der Waals surface area contributed by atoms with Gasteiger partial charge in [-0.25, -0.2) is 0 Å². The monoisotopic (exact) mass is 266 g/mol. The van der Waals surface area contributed by atoms with Gasteiger partial charge in [-0.2, -0.15) is 8.75 Å². The predicted molar refractivity (Wildman–Crippen MR) is 76.6 cm³/mol. The van der Waals surface area contributed by atoms with Crippen LogP contribution in [0.4, 0.5) is 5.69 Å². The summed E-state index contributed by atoms with van der Waals surface area (Å²) < 4.78 is 8.37. The molecule has 0 saturated heterocycles. The van der Waals surface area contributed by atoms with E-state index in [1.54, 1.807) is 0 Å². The fourth-order valence-electron chi connectivity index (χ4n) is 1.57. The third-order valence-corrected chi connectivity index (χ3v) is 3.47. The molecule has 6 heteroatoms. The molecule has 1 aromatic carbocycles. The van der Waals surface area contributed by atoms with E-state index < -0.39 is 0 Å². The highest BCUT2D eigenvalue weighted by atomic mass is 32.1. The van der Waals surface area contributed by atoms with Crippen molar-refractivity contribution in [3.8, 4) is 0 Å². The van der Waals surface area contributed by atoms with Crippen LogP contribution in [0.25, 0.3) is 11.0 Å². The Morgan fingerprint density at radius 3 is 2.71 bits per heavy atom. The van der Waals surface area contributed by atoms with Crippen molar-refractivity contribution in [3.05, 3.63) is 18.2 Å². The second-order valence-corrected chi connectivity index (χ2v) is 4.49. The highest BCUT2D eigenvalue weighted by molar-refractivity contribution is 7.80. The van der Waals surface area contributed by atoms with Gasteiger partial charge in [-0.3, -0.25) is 0 Å². The minimum atomic E-state index is 0.748. The van der Waals surface area contributed by atoms with Crippen molar-refractivity contribution in [2.45, 2.75) is 13.8 Å².